The summed E-state index contributed by atoms with van der Waals surface area (Å²) in [5, 5.41) is 16.7. The number of halogens is 1. The van der Waals surface area contributed by atoms with Crippen molar-refractivity contribution in [2.45, 2.75) is 6.04 Å². The maximum Gasteiger partial charge on any atom is 0.124 e. The molecule has 1 aliphatic carbocycles. The smallest absolute Gasteiger partial charge is 0.124 e. The molecule has 0 bridgehead atoms. The number of aromatic hydroxyl groups is 1. The summed E-state index contributed by atoms with van der Waals surface area (Å²) < 4.78 is 0.931. The van der Waals surface area contributed by atoms with Crippen molar-refractivity contribution < 1.29 is 5.11 Å². The summed E-state index contributed by atoms with van der Waals surface area (Å²) in [4.78, 5) is 2.56. The molecule has 146 valence electrons. The van der Waals surface area contributed by atoms with Crippen molar-refractivity contribution in [3.8, 4) is 16.9 Å². The van der Waals surface area contributed by atoms with Gasteiger partial charge in [-0.15, -0.1) is 0 Å². The van der Waals surface area contributed by atoms with Gasteiger partial charge in [0, 0.05) is 36.2 Å². The van der Waals surface area contributed by atoms with Crippen LogP contribution in [0.5, 0.6) is 5.75 Å². The summed E-state index contributed by atoms with van der Waals surface area (Å²) in [6.07, 6.45) is 1.75. The van der Waals surface area contributed by atoms with Gasteiger partial charge in [-0.05, 0) is 40.5 Å². The molecule has 0 aromatic heterocycles. The molecule has 0 amide bonds. The summed E-state index contributed by atoms with van der Waals surface area (Å²) in [6.45, 7) is 3.64. The number of hydrogen-bond donors (Lipinski definition) is 1. The monoisotopic (exact) mass is 447 g/mol. The van der Waals surface area contributed by atoms with E-state index in [2.05, 4.69) is 79.5 Å². The molecule has 1 N–H and O–H groups in total. The Morgan fingerprint density at radius 1 is 0.862 bits per heavy atom. The van der Waals surface area contributed by atoms with Crippen molar-refractivity contribution in [1.82, 2.24) is 9.91 Å². The van der Waals surface area contributed by atoms with E-state index in [1.54, 1.807) is 12.3 Å². The Hall–Kier alpha value is -2.63. The molecule has 0 saturated carbocycles. The van der Waals surface area contributed by atoms with Crippen LogP contribution >= 0.6 is 15.9 Å². The molecule has 0 radical (unpaired) electrons. The van der Waals surface area contributed by atoms with Crippen LogP contribution < -0.4 is 0 Å². The first-order valence-electron chi connectivity index (χ1n) is 9.90. The normalized spacial score (nSPS) is 16.9. The summed E-state index contributed by atoms with van der Waals surface area (Å²) in [7, 11) is 0. The van der Waals surface area contributed by atoms with E-state index in [-0.39, 0.29) is 5.75 Å². The van der Waals surface area contributed by atoms with Crippen molar-refractivity contribution in [3.05, 3.63) is 87.9 Å². The number of phenolic OH excluding ortho intramolecular Hbond substituents is 1. The lowest BCUT2D eigenvalue weighted by atomic mass is 10.0. The van der Waals surface area contributed by atoms with Gasteiger partial charge < -0.3 is 5.11 Å². The van der Waals surface area contributed by atoms with Gasteiger partial charge in [0.1, 0.15) is 5.75 Å². The number of nitrogens with zero attached hydrogens (tertiary/aromatic N) is 3. The van der Waals surface area contributed by atoms with Gasteiger partial charge in [0.2, 0.25) is 0 Å². The predicted molar refractivity (Wildman–Crippen MR) is 120 cm³/mol. The minimum atomic E-state index is 0.245. The van der Waals surface area contributed by atoms with Gasteiger partial charge in [-0.3, -0.25) is 9.91 Å². The van der Waals surface area contributed by atoms with Crippen molar-refractivity contribution in [3.63, 3.8) is 0 Å². The standard InChI is InChI=1S/C24H22BrN3O/c25-18-9-10-23(29)17(15-18)16-26-28-13-11-27(12-14-28)24-21-7-3-1-5-19(21)20-6-2-4-8-22(20)24/h1-10,15-16,24,29H,11-14H2. The third-order valence-corrected chi connectivity index (χ3v) is 6.30. The molecule has 0 unspecified atom stereocenters. The van der Waals surface area contributed by atoms with Gasteiger partial charge in [0.05, 0.1) is 12.3 Å². The second-order valence-corrected chi connectivity index (χ2v) is 8.43. The summed E-state index contributed by atoms with van der Waals surface area (Å²) in [5.41, 5.74) is 6.26. The number of hydrazone groups is 1. The molecule has 3 aromatic carbocycles. The Balaban J connectivity index is 1.32. The fourth-order valence-corrected chi connectivity index (χ4v) is 4.76. The summed E-state index contributed by atoms with van der Waals surface area (Å²) in [5.74, 6) is 0.245. The second-order valence-electron chi connectivity index (χ2n) is 7.51. The Morgan fingerprint density at radius 2 is 1.48 bits per heavy atom. The number of benzene rings is 3. The van der Waals surface area contributed by atoms with E-state index in [1.807, 2.05) is 12.1 Å². The largest absolute Gasteiger partial charge is 0.507 e. The van der Waals surface area contributed by atoms with Crippen LogP contribution in [0.1, 0.15) is 22.7 Å². The molecule has 0 spiro atoms. The zero-order valence-corrected chi connectivity index (χ0v) is 17.6. The zero-order valence-electron chi connectivity index (χ0n) is 16.0. The van der Waals surface area contributed by atoms with E-state index in [1.165, 1.54) is 22.3 Å². The molecule has 2 aliphatic rings. The highest BCUT2D eigenvalue weighted by molar-refractivity contribution is 9.10. The zero-order chi connectivity index (χ0) is 19.8. The first-order valence-corrected chi connectivity index (χ1v) is 10.7. The highest BCUT2D eigenvalue weighted by Crippen LogP contribution is 2.46. The molecule has 1 heterocycles. The molecule has 0 atom stereocenters. The highest BCUT2D eigenvalue weighted by Gasteiger charge is 2.33. The van der Waals surface area contributed by atoms with E-state index in [0.29, 0.717) is 6.04 Å². The Kier molecular flexibility index (Phi) is 4.86. The molecule has 1 saturated heterocycles. The first-order chi connectivity index (χ1) is 14.2. The first kappa shape index (κ1) is 18.4. The number of hydrogen-bond acceptors (Lipinski definition) is 4. The minimum Gasteiger partial charge on any atom is -0.507 e. The van der Waals surface area contributed by atoms with Crippen molar-refractivity contribution in [2.24, 2.45) is 5.10 Å². The van der Waals surface area contributed by atoms with Gasteiger partial charge in [0.15, 0.2) is 0 Å². The number of piperazine rings is 1. The molecule has 29 heavy (non-hydrogen) atoms. The molecular formula is C24H22BrN3O. The fraction of sp³-hybridized carbons (Fsp3) is 0.208. The third-order valence-electron chi connectivity index (χ3n) is 5.81. The number of phenols is 1. The van der Waals surface area contributed by atoms with Crippen LogP contribution in [-0.2, 0) is 0 Å². The maximum atomic E-state index is 10.00. The molecule has 1 aliphatic heterocycles. The summed E-state index contributed by atoms with van der Waals surface area (Å²) >= 11 is 3.44. The molecule has 4 nitrogen and oxygen atoms in total. The van der Waals surface area contributed by atoms with Crippen molar-refractivity contribution in [2.75, 3.05) is 26.2 Å². The van der Waals surface area contributed by atoms with Crippen LogP contribution in [-0.4, -0.2) is 47.4 Å². The maximum absolute atomic E-state index is 10.00. The molecule has 1 fully saturated rings. The third kappa shape index (κ3) is 3.45. The lowest BCUT2D eigenvalue weighted by Gasteiger charge is -2.37. The molecule has 3 aromatic rings. The van der Waals surface area contributed by atoms with Crippen LogP contribution in [0.3, 0.4) is 0 Å². The van der Waals surface area contributed by atoms with Crippen LogP contribution in [0, 0.1) is 0 Å². The predicted octanol–water partition coefficient (Wildman–Crippen LogP) is 4.88. The quantitative estimate of drug-likeness (QED) is 0.581. The van der Waals surface area contributed by atoms with Crippen LogP contribution in [0.2, 0.25) is 0 Å². The molecular weight excluding hydrogens is 426 g/mol. The van der Waals surface area contributed by atoms with Crippen LogP contribution in [0.25, 0.3) is 11.1 Å². The van der Waals surface area contributed by atoms with Gasteiger partial charge in [-0.25, -0.2) is 0 Å². The highest BCUT2D eigenvalue weighted by atomic mass is 79.9. The van der Waals surface area contributed by atoms with E-state index in [9.17, 15) is 5.11 Å². The topological polar surface area (TPSA) is 39.1 Å². The SMILES string of the molecule is Oc1ccc(Br)cc1C=NN1CCN(C2c3ccccc3-c3ccccc32)CC1. The Morgan fingerprint density at radius 3 is 2.14 bits per heavy atom. The average Bonchev–Trinajstić information content (AvgIpc) is 3.09. The van der Waals surface area contributed by atoms with E-state index in [4.69, 9.17) is 0 Å². The van der Waals surface area contributed by atoms with Gasteiger partial charge in [-0.2, -0.15) is 5.10 Å². The van der Waals surface area contributed by atoms with Gasteiger partial charge >= 0.3 is 0 Å². The van der Waals surface area contributed by atoms with Crippen LogP contribution in [0.15, 0.2) is 76.3 Å². The van der Waals surface area contributed by atoms with Crippen LogP contribution in [0.4, 0.5) is 0 Å². The van der Waals surface area contributed by atoms with E-state index >= 15 is 0 Å². The molecule has 5 rings (SSSR count). The average molecular weight is 448 g/mol. The Labute approximate surface area is 179 Å². The Bertz CT molecular complexity index is 1030. The number of fused-ring (bicyclic) bond motifs is 3. The van der Waals surface area contributed by atoms with Gasteiger partial charge in [0.25, 0.3) is 0 Å². The lowest BCUT2D eigenvalue weighted by molar-refractivity contribution is 0.114. The van der Waals surface area contributed by atoms with E-state index in [0.717, 1.165) is 36.2 Å². The number of rotatable bonds is 3. The van der Waals surface area contributed by atoms with Crippen molar-refractivity contribution in [1.29, 1.82) is 0 Å². The van der Waals surface area contributed by atoms with Gasteiger partial charge in [-0.1, -0.05) is 64.5 Å². The lowest BCUT2D eigenvalue weighted by Crippen LogP contribution is -2.45. The summed E-state index contributed by atoms with van der Waals surface area (Å²) in [6, 6.07) is 23.2. The second kappa shape index (κ2) is 7.65. The fourth-order valence-electron chi connectivity index (χ4n) is 4.38. The van der Waals surface area contributed by atoms with Crippen molar-refractivity contribution >= 4 is 22.1 Å². The van der Waals surface area contributed by atoms with E-state index < -0.39 is 0 Å². The minimum absolute atomic E-state index is 0.245. The molecule has 5 heteroatoms.